The molecular weight excluding hydrogens is 438 g/mol. The van der Waals surface area contributed by atoms with E-state index in [1.54, 1.807) is 0 Å². The lowest BCUT2D eigenvalue weighted by Crippen LogP contribution is -2.67. The SMILES string of the molecule is CCCCNC(=O)O[C@H]1[C@H](OC(=O)NCCCC)[C@H](O)[C@H](O)[C@@H](O)[C@@H]1OC(=O)NCCCC. The summed E-state index contributed by atoms with van der Waals surface area (Å²) in [5.74, 6) is 0. The molecule has 6 N–H and O–H groups in total. The van der Waals surface area contributed by atoms with Crippen molar-refractivity contribution in [1.82, 2.24) is 16.0 Å². The van der Waals surface area contributed by atoms with Crippen LogP contribution < -0.4 is 16.0 Å². The summed E-state index contributed by atoms with van der Waals surface area (Å²) < 4.78 is 15.8. The van der Waals surface area contributed by atoms with E-state index in [1.165, 1.54) is 0 Å². The van der Waals surface area contributed by atoms with Crippen molar-refractivity contribution in [2.45, 2.75) is 95.9 Å². The third kappa shape index (κ3) is 9.60. The van der Waals surface area contributed by atoms with Crippen LogP contribution in [-0.4, -0.2) is 89.9 Å². The van der Waals surface area contributed by atoms with Gasteiger partial charge in [0.25, 0.3) is 0 Å². The molecule has 0 bridgehead atoms. The zero-order valence-electron chi connectivity index (χ0n) is 19.6. The lowest BCUT2D eigenvalue weighted by molar-refractivity contribution is -0.221. The first-order valence-corrected chi connectivity index (χ1v) is 11.6. The van der Waals surface area contributed by atoms with E-state index >= 15 is 0 Å². The molecule has 0 aromatic carbocycles. The van der Waals surface area contributed by atoms with Gasteiger partial charge in [0.05, 0.1) is 0 Å². The van der Waals surface area contributed by atoms with Crippen molar-refractivity contribution in [2.75, 3.05) is 19.6 Å². The van der Waals surface area contributed by atoms with Gasteiger partial charge in [0.2, 0.25) is 0 Å². The number of aliphatic hydroxyl groups excluding tert-OH is 3. The predicted octanol–water partition coefficient (Wildman–Crippen LogP) is 0.767. The summed E-state index contributed by atoms with van der Waals surface area (Å²) in [5, 5.41) is 38.7. The first-order valence-electron chi connectivity index (χ1n) is 11.6. The maximum atomic E-state index is 12.3. The molecule has 0 heterocycles. The van der Waals surface area contributed by atoms with Gasteiger partial charge >= 0.3 is 18.3 Å². The van der Waals surface area contributed by atoms with E-state index < -0.39 is 54.9 Å². The van der Waals surface area contributed by atoms with E-state index in [9.17, 15) is 29.7 Å². The number of nitrogens with one attached hydrogen (secondary N) is 3. The molecule has 0 saturated heterocycles. The fourth-order valence-electron chi connectivity index (χ4n) is 3.17. The number of unbranched alkanes of at least 4 members (excludes halogenated alkanes) is 3. The molecule has 0 radical (unpaired) electrons. The molecule has 1 rings (SSSR count). The molecule has 0 unspecified atom stereocenters. The number of rotatable bonds is 12. The fourth-order valence-corrected chi connectivity index (χ4v) is 3.17. The van der Waals surface area contributed by atoms with E-state index in [-0.39, 0.29) is 0 Å². The molecular formula is C21H39N3O9. The van der Waals surface area contributed by atoms with Gasteiger partial charge in [-0.15, -0.1) is 0 Å². The minimum absolute atomic E-state index is 0.307. The summed E-state index contributed by atoms with van der Waals surface area (Å²) in [6, 6.07) is 0. The highest BCUT2D eigenvalue weighted by Gasteiger charge is 2.55. The van der Waals surface area contributed by atoms with Gasteiger partial charge in [-0.3, -0.25) is 0 Å². The van der Waals surface area contributed by atoms with Gasteiger partial charge in [0.15, 0.2) is 18.3 Å². The van der Waals surface area contributed by atoms with Gasteiger partial charge in [0.1, 0.15) is 18.3 Å². The topological polar surface area (TPSA) is 176 Å². The van der Waals surface area contributed by atoms with E-state index in [0.29, 0.717) is 38.9 Å². The first-order chi connectivity index (χ1) is 15.8. The standard InChI is InChI=1S/C21H39N3O9/c1-4-7-10-22-19(28)31-16-14(26)13(25)15(27)17(32-20(29)23-11-8-5-2)18(16)33-21(30)24-12-9-6-3/h13-18,25-27H,4-12H2,1-3H3,(H,22,28)(H,23,29)(H,24,30)/t13-,14-,15-,16+,17-,18-/m1/s1. The maximum Gasteiger partial charge on any atom is 0.407 e. The van der Waals surface area contributed by atoms with Gasteiger partial charge in [0, 0.05) is 19.6 Å². The smallest absolute Gasteiger partial charge is 0.407 e. The minimum atomic E-state index is -1.82. The molecule has 0 aliphatic heterocycles. The molecule has 1 aliphatic rings. The number of aliphatic hydroxyl groups is 3. The quantitative estimate of drug-likeness (QED) is 0.175. The van der Waals surface area contributed by atoms with Crippen LogP contribution >= 0.6 is 0 Å². The average molecular weight is 478 g/mol. The highest BCUT2D eigenvalue weighted by molar-refractivity contribution is 5.69. The Morgan fingerprint density at radius 3 is 1.18 bits per heavy atom. The van der Waals surface area contributed by atoms with Crippen molar-refractivity contribution in [3.8, 4) is 0 Å². The molecule has 1 saturated carbocycles. The third-order valence-corrected chi connectivity index (χ3v) is 5.15. The van der Waals surface area contributed by atoms with Gasteiger partial charge < -0.3 is 45.5 Å². The van der Waals surface area contributed by atoms with Crippen molar-refractivity contribution in [3.05, 3.63) is 0 Å². The summed E-state index contributed by atoms with van der Waals surface area (Å²) >= 11 is 0. The van der Waals surface area contributed by atoms with E-state index in [1.807, 2.05) is 20.8 Å². The highest BCUT2D eigenvalue weighted by atomic mass is 16.6. The molecule has 0 aromatic heterocycles. The maximum absolute atomic E-state index is 12.3. The van der Waals surface area contributed by atoms with Crippen LogP contribution in [0.25, 0.3) is 0 Å². The van der Waals surface area contributed by atoms with Crippen molar-refractivity contribution in [1.29, 1.82) is 0 Å². The van der Waals surface area contributed by atoms with Crippen LogP contribution in [0.4, 0.5) is 14.4 Å². The van der Waals surface area contributed by atoms with Crippen LogP contribution in [-0.2, 0) is 14.2 Å². The van der Waals surface area contributed by atoms with Gasteiger partial charge in [-0.1, -0.05) is 40.0 Å². The Bertz CT molecular complexity index is 570. The fraction of sp³-hybridized carbons (Fsp3) is 0.857. The summed E-state index contributed by atoms with van der Waals surface area (Å²) in [6.45, 7) is 6.73. The van der Waals surface area contributed by atoms with Crippen molar-refractivity contribution in [3.63, 3.8) is 0 Å². The number of carbonyl (C=O) groups is 3. The summed E-state index contributed by atoms with van der Waals surface area (Å²) in [7, 11) is 0. The molecule has 0 aromatic rings. The summed E-state index contributed by atoms with van der Waals surface area (Å²) in [5.41, 5.74) is 0. The van der Waals surface area contributed by atoms with E-state index in [4.69, 9.17) is 14.2 Å². The lowest BCUT2D eigenvalue weighted by atomic mass is 9.84. The van der Waals surface area contributed by atoms with Gasteiger partial charge in [-0.2, -0.15) is 0 Å². The normalized spacial score (nSPS) is 26.7. The van der Waals surface area contributed by atoms with Crippen LogP contribution in [0, 0.1) is 0 Å². The highest BCUT2D eigenvalue weighted by Crippen LogP contribution is 2.29. The number of hydrogen-bond acceptors (Lipinski definition) is 9. The second-order valence-corrected chi connectivity index (χ2v) is 7.92. The largest absolute Gasteiger partial charge is 0.439 e. The Balaban J connectivity index is 3.04. The lowest BCUT2D eigenvalue weighted by Gasteiger charge is -2.43. The summed E-state index contributed by atoms with van der Waals surface area (Å²) in [4.78, 5) is 36.7. The van der Waals surface area contributed by atoms with Crippen LogP contribution in [0.3, 0.4) is 0 Å². The Morgan fingerprint density at radius 1 is 0.576 bits per heavy atom. The average Bonchev–Trinajstić information content (AvgIpc) is 2.78. The van der Waals surface area contributed by atoms with Crippen LogP contribution in [0.2, 0.25) is 0 Å². The van der Waals surface area contributed by atoms with Crippen LogP contribution in [0.5, 0.6) is 0 Å². The molecule has 33 heavy (non-hydrogen) atoms. The summed E-state index contributed by atoms with van der Waals surface area (Å²) in [6.07, 6.45) is -8.41. The Kier molecular flexibility index (Phi) is 13.5. The number of hydrogen-bond donors (Lipinski definition) is 6. The van der Waals surface area contributed by atoms with E-state index in [2.05, 4.69) is 16.0 Å². The van der Waals surface area contributed by atoms with Crippen LogP contribution in [0.15, 0.2) is 0 Å². The third-order valence-electron chi connectivity index (χ3n) is 5.15. The van der Waals surface area contributed by atoms with Crippen LogP contribution in [0.1, 0.15) is 59.3 Å². The molecule has 1 fully saturated rings. The molecule has 3 amide bonds. The molecule has 12 heteroatoms. The monoisotopic (exact) mass is 477 g/mol. The zero-order chi connectivity index (χ0) is 24.8. The van der Waals surface area contributed by atoms with Gasteiger partial charge in [-0.05, 0) is 19.3 Å². The van der Waals surface area contributed by atoms with Crippen molar-refractivity contribution < 1.29 is 43.9 Å². The molecule has 192 valence electrons. The Hall–Kier alpha value is -2.31. The molecule has 1 aliphatic carbocycles. The molecule has 0 spiro atoms. The molecule has 6 atom stereocenters. The second kappa shape index (κ2) is 15.5. The predicted molar refractivity (Wildman–Crippen MR) is 118 cm³/mol. The minimum Gasteiger partial charge on any atom is -0.439 e. The zero-order valence-corrected chi connectivity index (χ0v) is 19.6. The van der Waals surface area contributed by atoms with Crippen molar-refractivity contribution >= 4 is 18.3 Å². The second-order valence-electron chi connectivity index (χ2n) is 7.92. The number of carbonyl (C=O) groups excluding carboxylic acids is 3. The number of ether oxygens (including phenoxy) is 3. The Morgan fingerprint density at radius 2 is 0.879 bits per heavy atom. The molecule has 12 nitrogen and oxygen atoms in total. The van der Waals surface area contributed by atoms with Gasteiger partial charge in [-0.25, -0.2) is 14.4 Å². The Labute approximate surface area is 194 Å². The number of amides is 3. The first kappa shape index (κ1) is 28.7. The number of alkyl carbamates (subject to hydrolysis) is 3. The van der Waals surface area contributed by atoms with E-state index in [0.717, 1.165) is 19.3 Å². The van der Waals surface area contributed by atoms with Crippen molar-refractivity contribution in [2.24, 2.45) is 0 Å².